The van der Waals surface area contributed by atoms with E-state index in [2.05, 4.69) is 0 Å². The Hall–Kier alpha value is -0.0100. The summed E-state index contributed by atoms with van der Waals surface area (Å²) in [4.78, 5) is 10.9. The molecule has 0 amide bonds. The van der Waals surface area contributed by atoms with Crippen molar-refractivity contribution in [3.63, 3.8) is 0 Å². The summed E-state index contributed by atoms with van der Waals surface area (Å²) in [5.41, 5.74) is 0. The molecule has 0 aromatic heterocycles. The number of carbonyl (C=O) groups is 1. The lowest BCUT2D eigenvalue weighted by Gasteiger charge is -1.93. The van der Waals surface area contributed by atoms with Crippen LogP contribution in [-0.4, -0.2) is 11.7 Å². The van der Waals surface area contributed by atoms with Crippen molar-refractivity contribution in [3.05, 3.63) is 11.1 Å². The second kappa shape index (κ2) is 6.68. The quantitative estimate of drug-likeness (QED) is 0.616. The van der Waals surface area contributed by atoms with E-state index >= 15 is 0 Å². The number of halogens is 2. The Morgan fingerprint density at radius 1 is 1.45 bits per heavy atom. The van der Waals surface area contributed by atoms with Gasteiger partial charge in [0.1, 0.15) is 5.78 Å². The van der Waals surface area contributed by atoms with Gasteiger partial charge in [0.15, 0.2) is 0 Å². The molecule has 3 heteroatoms. The lowest BCUT2D eigenvalue weighted by atomic mass is 10.2. The van der Waals surface area contributed by atoms with Crippen LogP contribution in [0.1, 0.15) is 26.2 Å². The van der Waals surface area contributed by atoms with Crippen molar-refractivity contribution in [2.75, 3.05) is 5.88 Å². The van der Waals surface area contributed by atoms with Crippen LogP contribution in [0.3, 0.4) is 0 Å². The summed E-state index contributed by atoms with van der Waals surface area (Å²) in [5, 5.41) is 0.740. The van der Waals surface area contributed by atoms with Crippen LogP contribution >= 0.6 is 23.2 Å². The standard InChI is InChI=1S/C8H12Cl2O/c1-7(10)3-2-4-8(11)5-6-9/h3H,2,4-6H2,1H3/b7-3-. The first-order valence-corrected chi connectivity index (χ1v) is 4.48. The van der Waals surface area contributed by atoms with Crippen molar-refractivity contribution in [3.8, 4) is 0 Å². The fourth-order valence-corrected chi connectivity index (χ4v) is 0.982. The molecule has 0 saturated carbocycles. The molecule has 64 valence electrons. The zero-order valence-corrected chi connectivity index (χ0v) is 8.08. The highest BCUT2D eigenvalue weighted by Crippen LogP contribution is 2.04. The number of alkyl halides is 1. The minimum atomic E-state index is 0.203. The van der Waals surface area contributed by atoms with Gasteiger partial charge in [0, 0.05) is 23.8 Å². The third kappa shape index (κ3) is 7.89. The van der Waals surface area contributed by atoms with Gasteiger partial charge in [-0.05, 0) is 13.3 Å². The molecule has 11 heavy (non-hydrogen) atoms. The highest BCUT2D eigenvalue weighted by Gasteiger charge is 1.97. The van der Waals surface area contributed by atoms with Gasteiger partial charge >= 0.3 is 0 Å². The minimum Gasteiger partial charge on any atom is -0.300 e. The van der Waals surface area contributed by atoms with E-state index in [-0.39, 0.29) is 5.78 Å². The third-order valence-corrected chi connectivity index (χ3v) is 1.57. The Kier molecular flexibility index (Phi) is 6.68. The molecule has 0 N–H and O–H groups in total. The fraction of sp³-hybridized carbons (Fsp3) is 0.625. The lowest BCUT2D eigenvalue weighted by molar-refractivity contribution is -0.118. The van der Waals surface area contributed by atoms with Gasteiger partial charge in [-0.1, -0.05) is 17.7 Å². The van der Waals surface area contributed by atoms with E-state index in [9.17, 15) is 4.79 Å². The van der Waals surface area contributed by atoms with Gasteiger partial charge in [-0.3, -0.25) is 4.79 Å². The summed E-state index contributed by atoms with van der Waals surface area (Å²) >= 11 is 10.9. The maximum Gasteiger partial charge on any atom is 0.134 e. The SMILES string of the molecule is C/C(Cl)=C/CCC(=O)CCCl. The molecular formula is C8H12Cl2O. The zero-order chi connectivity index (χ0) is 8.69. The lowest BCUT2D eigenvalue weighted by Crippen LogP contribution is -1.96. The van der Waals surface area contributed by atoms with Gasteiger partial charge in [-0.2, -0.15) is 0 Å². The maximum absolute atomic E-state index is 10.9. The maximum atomic E-state index is 10.9. The fourth-order valence-electron chi connectivity index (χ4n) is 0.662. The molecule has 0 atom stereocenters. The van der Waals surface area contributed by atoms with Crippen LogP contribution in [-0.2, 0) is 4.79 Å². The van der Waals surface area contributed by atoms with Crippen LogP contribution < -0.4 is 0 Å². The highest BCUT2D eigenvalue weighted by molar-refractivity contribution is 6.29. The van der Waals surface area contributed by atoms with Crippen molar-refractivity contribution in [1.82, 2.24) is 0 Å². The molecule has 1 nitrogen and oxygen atoms in total. The molecule has 0 radical (unpaired) electrons. The summed E-state index contributed by atoms with van der Waals surface area (Å²) in [6.07, 6.45) is 3.59. The van der Waals surface area contributed by atoms with Crippen molar-refractivity contribution >= 4 is 29.0 Å². The van der Waals surface area contributed by atoms with Gasteiger partial charge in [-0.15, -0.1) is 11.6 Å². The molecule has 0 bridgehead atoms. The molecule has 0 aromatic rings. The molecule has 0 fully saturated rings. The molecule has 0 aliphatic heterocycles. The Bertz CT molecular complexity index is 148. The topological polar surface area (TPSA) is 17.1 Å². The predicted octanol–water partition coefficient (Wildman–Crippen LogP) is 3.11. The van der Waals surface area contributed by atoms with Crippen molar-refractivity contribution in [2.45, 2.75) is 26.2 Å². The highest BCUT2D eigenvalue weighted by atomic mass is 35.5. The average molecular weight is 195 g/mol. The molecule has 0 heterocycles. The smallest absolute Gasteiger partial charge is 0.134 e. The van der Waals surface area contributed by atoms with Gasteiger partial charge in [0.05, 0.1) is 0 Å². The zero-order valence-electron chi connectivity index (χ0n) is 6.57. The number of hydrogen-bond donors (Lipinski definition) is 0. The van der Waals surface area contributed by atoms with E-state index < -0.39 is 0 Å². The van der Waals surface area contributed by atoms with E-state index in [1.807, 2.05) is 6.08 Å². The third-order valence-electron chi connectivity index (χ3n) is 1.22. The summed E-state index contributed by atoms with van der Waals surface area (Å²) in [6.45, 7) is 1.80. The summed E-state index contributed by atoms with van der Waals surface area (Å²) in [5.74, 6) is 0.622. The van der Waals surface area contributed by atoms with Crippen LogP contribution in [0.5, 0.6) is 0 Å². The molecule has 0 saturated heterocycles. The molecular weight excluding hydrogens is 183 g/mol. The monoisotopic (exact) mass is 194 g/mol. The van der Waals surface area contributed by atoms with Gasteiger partial charge < -0.3 is 0 Å². The Labute approximate surface area is 77.4 Å². The summed E-state index contributed by atoms with van der Waals surface area (Å²) in [7, 11) is 0. The number of hydrogen-bond acceptors (Lipinski definition) is 1. The first kappa shape index (κ1) is 11.0. The predicted molar refractivity (Wildman–Crippen MR) is 49.2 cm³/mol. The van der Waals surface area contributed by atoms with E-state index in [1.54, 1.807) is 6.92 Å². The van der Waals surface area contributed by atoms with Gasteiger partial charge in [-0.25, -0.2) is 0 Å². The van der Waals surface area contributed by atoms with Crippen LogP contribution in [0.15, 0.2) is 11.1 Å². The number of Topliss-reactive ketones (excluding diaryl/α,β-unsaturated/α-hetero) is 1. The van der Waals surface area contributed by atoms with Crippen molar-refractivity contribution in [2.24, 2.45) is 0 Å². The Balaban J connectivity index is 3.39. The average Bonchev–Trinajstić information content (AvgIpc) is 1.87. The Morgan fingerprint density at radius 2 is 2.09 bits per heavy atom. The number of carbonyl (C=O) groups excluding carboxylic acids is 1. The van der Waals surface area contributed by atoms with E-state index in [4.69, 9.17) is 23.2 Å². The van der Waals surface area contributed by atoms with Gasteiger partial charge in [0.25, 0.3) is 0 Å². The minimum absolute atomic E-state index is 0.203. The second-order valence-corrected chi connectivity index (χ2v) is 3.28. The van der Waals surface area contributed by atoms with Crippen molar-refractivity contribution in [1.29, 1.82) is 0 Å². The van der Waals surface area contributed by atoms with Crippen LogP contribution in [0, 0.1) is 0 Å². The van der Waals surface area contributed by atoms with Crippen molar-refractivity contribution < 1.29 is 4.79 Å². The number of rotatable bonds is 5. The summed E-state index contributed by atoms with van der Waals surface area (Å²) in [6, 6.07) is 0. The second-order valence-electron chi connectivity index (χ2n) is 2.31. The van der Waals surface area contributed by atoms with Crippen LogP contribution in [0.2, 0.25) is 0 Å². The first-order valence-electron chi connectivity index (χ1n) is 3.56. The van der Waals surface area contributed by atoms with Crippen LogP contribution in [0.25, 0.3) is 0 Å². The van der Waals surface area contributed by atoms with E-state index in [0.29, 0.717) is 18.7 Å². The van der Waals surface area contributed by atoms with Crippen LogP contribution in [0.4, 0.5) is 0 Å². The van der Waals surface area contributed by atoms with Gasteiger partial charge in [0.2, 0.25) is 0 Å². The number of allylic oxidation sites excluding steroid dienone is 2. The molecule has 0 spiro atoms. The molecule has 0 aliphatic rings. The van der Waals surface area contributed by atoms with E-state index in [0.717, 1.165) is 11.5 Å². The first-order chi connectivity index (χ1) is 5.16. The molecule has 0 aliphatic carbocycles. The number of ketones is 1. The largest absolute Gasteiger partial charge is 0.300 e. The molecule has 0 unspecified atom stereocenters. The molecule has 0 aromatic carbocycles. The Morgan fingerprint density at radius 3 is 2.55 bits per heavy atom. The molecule has 0 rings (SSSR count). The van der Waals surface area contributed by atoms with E-state index in [1.165, 1.54) is 0 Å². The normalized spacial score (nSPS) is 11.7. The summed E-state index contributed by atoms with van der Waals surface area (Å²) < 4.78 is 0.